The molecule has 6 heterocycles. The van der Waals surface area contributed by atoms with E-state index in [0.717, 1.165) is 30.6 Å². The summed E-state index contributed by atoms with van der Waals surface area (Å²) in [5.41, 5.74) is 8.41. The minimum absolute atomic E-state index is 0.104. The molecule has 7 nitrogen and oxygen atoms in total. The molecular weight excluding hydrogens is 499 g/mol. The molecule has 4 aromatic rings. The number of fused-ring (bicyclic) bond motifs is 4. The molecule has 3 fully saturated rings. The number of nitrogens with zero attached hydrogens (tertiary/aromatic N) is 4. The highest BCUT2D eigenvalue weighted by Gasteiger charge is 2.49. The summed E-state index contributed by atoms with van der Waals surface area (Å²) in [6, 6.07) is -0.0711. The number of aromatic nitrogens is 4. The van der Waals surface area contributed by atoms with Gasteiger partial charge in [-0.05, 0) is 67.7 Å². The van der Waals surface area contributed by atoms with Gasteiger partial charge in [-0.15, -0.1) is 11.3 Å². The number of carbonyl (C=O) groups is 1. The number of nitrogens with one attached hydrogen (secondary N) is 2. The zero-order valence-electron chi connectivity index (χ0n) is 22.6. The van der Waals surface area contributed by atoms with Crippen LogP contribution in [0.2, 0.25) is 0 Å². The number of alkyl halides is 1. The topological polar surface area (TPSA) is 78.3 Å². The zero-order chi connectivity index (χ0) is 26.5. The number of rotatable bonds is 4. The Balaban J connectivity index is 1.23. The maximum atomic E-state index is 13.7. The molecule has 5 atom stereocenters. The summed E-state index contributed by atoms with van der Waals surface area (Å²) in [5, 5.41) is 8.87. The molecule has 0 aromatic carbocycles. The average Bonchev–Trinajstić information content (AvgIpc) is 3.71. The van der Waals surface area contributed by atoms with Crippen molar-refractivity contribution in [3.05, 3.63) is 39.7 Å². The van der Waals surface area contributed by atoms with Gasteiger partial charge in [-0.25, -0.2) is 13.9 Å². The van der Waals surface area contributed by atoms with Crippen molar-refractivity contribution in [2.24, 2.45) is 5.92 Å². The van der Waals surface area contributed by atoms with Gasteiger partial charge < -0.3 is 15.2 Å². The molecule has 4 aromatic heterocycles. The van der Waals surface area contributed by atoms with Gasteiger partial charge in [0.15, 0.2) is 5.65 Å². The molecule has 9 heteroatoms. The van der Waals surface area contributed by atoms with Crippen molar-refractivity contribution in [3.8, 4) is 11.3 Å². The highest BCUT2D eigenvalue weighted by atomic mass is 32.1. The molecular formula is C29H35FN6OS. The predicted molar refractivity (Wildman–Crippen MR) is 149 cm³/mol. The molecule has 7 rings (SSSR count). The maximum Gasteiger partial charge on any atom is 0.240 e. The van der Waals surface area contributed by atoms with Gasteiger partial charge in [0.05, 0.1) is 11.7 Å². The number of amides is 1. The van der Waals surface area contributed by atoms with Gasteiger partial charge in [0.1, 0.15) is 17.3 Å². The van der Waals surface area contributed by atoms with E-state index in [4.69, 9.17) is 0 Å². The molecule has 1 aliphatic carbocycles. The second-order valence-electron chi connectivity index (χ2n) is 12.0. The van der Waals surface area contributed by atoms with Crippen molar-refractivity contribution in [2.45, 2.75) is 84.0 Å². The molecule has 2 N–H and O–H groups in total. The Bertz CT molecular complexity index is 1580. The summed E-state index contributed by atoms with van der Waals surface area (Å²) in [4.78, 5) is 26.1. The van der Waals surface area contributed by atoms with Crippen LogP contribution in [-0.4, -0.2) is 61.7 Å². The highest BCUT2D eigenvalue weighted by Crippen LogP contribution is 2.53. The van der Waals surface area contributed by atoms with Crippen molar-refractivity contribution in [2.75, 3.05) is 13.1 Å². The molecule has 1 amide bonds. The molecule has 0 radical (unpaired) electrons. The summed E-state index contributed by atoms with van der Waals surface area (Å²) >= 11 is 1.90. The fraction of sp³-hybridized carbons (Fsp3) is 0.552. The van der Waals surface area contributed by atoms with Crippen LogP contribution < -0.4 is 5.32 Å². The van der Waals surface area contributed by atoms with Gasteiger partial charge in [0.25, 0.3) is 0 Å². The number of H-pyrrole nitrogens is 1. The first-order valence-electron chi connectivity index (χ1n) is 13.9. The molecule has 2 bridgehead atoms. The lowest BCUT2D eigenvalue weighted by Gasteiger charge is -2.33. The van der Waals surface area contributed by atoms with E-state index in [1.807, 2.05) is 15.9 Å². The van der Waals surface area contributed by atoms with E-state index >= 15 is 0 Å². The number of aromatic amines is 1. The number of carbonyl (C=O) groups excluding carboxylic acids is 1. The van der Waals surface area contributed by atoms with Crippen LogP contribution in [0.1, 0.15) is 72.1 Å². The Morgan fingerprint density at radius 3 is 2.66 bits per heavy atom. The van der Waals surface area contributed by atoms with Crippen LogP contribution in [-0.2, 0) is 4.79 Å². The number of halogens is 1. The number of likely N-dealkylation sites (tertiary alicyclic amines) is 1. The largest absolute Gasteiger partial charge is 0.346 e. The molecule has 2 aliphatic heterocycles. The van der Waals surface area contributed by atoms with Crippen molar-refractivity contribution in [3.63, 3.8) is 0 Å². The van der Waals surface area contributed by atoms with E-state index in [2.05, 4.69) is 66.1 Å². The lowest BCUT2D eigenvalue weighted by Crippen LogP contribution is -2.47. The van der Waals surface area contributed by atoms with Crippen LogP contribution >= 0.6 is 11.3 Å². The molecule has 38 heavy (non-hydrogen) atoms. The monoisotopic (exact) mass is 534 g/mol. The fourth-order valence-corrected chi connectivity index (χ4v) is 8.91. The quantitative estimate of drug-likeness (QED) is 0.368. The highest BCUT2D eigenvalue weighted by molar-refractivity contribution is 7.19. The number of pyridine rings is 1. The van der Waals surface area contributed by atoms with Gasteiger partial charge in [-0.2, -0.15) is 5.10 Å². The van der Waals surface area contributed by atoms with Gasteiger partial charge in [0.2, 0.25) is 5.91 Å². The average molecular weight is 535 g/mol. The molecule has 1 saturated carbocycles. The molecule has 3 aliphatic rings. The Morgan fingerprint density at radius 1 is 1.16 bits per heavy atom. The number of piperidine rings is 1. The normalized spacial score (nSPS) is 27.1. The lowest BCUT2D eigenvalue weighted by molar-refractivity contribution is -0.134. The summed E-state index contributed by atoms with van der Waals surface area (Å²) < 4.78 is 15.6. The molecule has 2 unspecified atom stereocenters. The van der Waals surface area contributed by atoms with Crippen LogP contribution in [0.5, 0.6) is 0 Å². The Hall–Kier alpha value is -2.78. The summed E-state index contributed by atoms with van der Waals surface area (Å²) in [5.74, 6) is 1.43. The minimum Gasteiger partial charge on any atom is -0.346 e. The first-order valence-corrected chi connectivity index (χ1v) is 14.7. The van der Waals surface area contributed by atoms with E-state index in [1.165, 1.54) is 43.0 Å². The van der Waals surface area contributed by atoms with E-state index in [9.17, 15) is 9.18 Å². The minimum atomic E-state index is -0.904. The third-order valence-corrected chi connectivity index (χ3v) is 10.8. The molecule has 2 saturated heterocycles. The Morgan fingerprint density at radius 2 is 1.97 bits per heavy atom. The second kappa shape index (κ2) is 8.61. The van der Waals surface area contributed by atoms with Crippen LogP contribution in [0.4, 0.5) is 4.39 Å². The first kappa shape index (κ1) is 24.3. The third-order valence-electron chi connectivity index (χ3n) is 9.47. The van der Waals surface area contributed by atoms with E-state index in [-0.39, 0.29) is 18.0 Å². The first-order chi connectivity index (χ1) is 18.2. The summed E-state index contributed by atoms with van der Waals surface area (Å²) in [6.07, 6.45) is 5.20. The van der Waals surface area contributed by atoms with Crippen molar-refractivity contribution in [1.29, 1.82) is 0 Å². The summed E-state index contributed by atoms with van der Waals surface area (Å²) in [6.45, 7) is 12.2. The lowest BCUT2D eigenvalue weighted by atomic mass is 9.88. The van der Waals surface area contributed by atoms with Crippen molar-refractivity contribution < 1.29 is 9.18 Å². The number of hydrogen-bond donors (Lipinski definition) is 2. The summed E-state index contributed by atoms with van der Waals surface area (Å²) in [7, 11) is 0. The van der Waals surface area contributed by atoms with Gasteiger partial charge in [-0.1, -0.05) is 13.8 Å². The van der Waals surface area contributed by atoms with E-state index in [1.54, 1.807) is 6.33 Å². The number of thiophene rings is 1. The molecule has 0 spiro atoms. The standard InChI is InChI=1S/C29H35FN6OS/c1-13(2)23-24-16(5)26(20-8-19-6-17(20)10-35(19)29(37)22-7-18(30)9-31-22)38-28(24)34-25(23)21-11-36-27(32-12-33-36)15(4)14(21)3/h11-13,17-20,22,31,34H,6-10H2,1-5H3/t17?,18-,19?,20-,22+/m1/s1. The van der Waals surface area contributed by atoms with Crippen molar-refractivity contribution >= 4 is 33.1 Å². The van der Waals surface area contributed by atoms with Gasteiger partial charge in [0, 0.05) is 53.5 Å². The second-order valence-corrected chi connectivity index (χ2v) is 13.0. The Kier molecular flexibility index (Phi) is 5.50. The zero-order valence-corrected chi connectivity index (χ0v) is 23.5. The van der Waals surface area contributed by atoms with Gasteiger partial charge >= 0.3 is 0 Å². The van der Waals surface area contributed by atoms with Crippen LogP contribution in [0.25, 0.3) is 27.1 Å². The van der Waals surface area contributed by atoms with E-state index < -0.39 is 6.17 Å². The molecule has 200 valence electrons. The van der Waals surface area contributed by atoms with Crippen LogP contribution in [0.15, 0.2) is 12.5 Å². The Labute approximate surface area is 225 Å². The maximum absolute atomic E-state index is 13.7. The number of aryl methyl sites for hydroxylation is 2. The smallest absolute Gasteiger partial charge is 0.240 e. The fourth-order valence-electron chi connectivity index (χ4n) is 7.47. The van der Waals surface area contributed by atoms with Crippen LogP contribution in [0, 0.1) is 26.7 Å². The third kappa shape index (κ3) is 3.43. The number of hydrogen-bond acceptors (Lipinski definition) is 5. The predicted octanol–water partition coefficient (Wildman–Crippen LogP) is 5.39. The van der Waals surface area contributed by atoms with Crippen LogP contribution in [0.3, 0.4) is 0 Å². The van der Waals surface area contributed by atoms with E-state index in [0.29, 0.717) is 30.7 Å². The van der Waals surface area contributed by atoms with Crippen molar-refractivity contribution in [1.82, 2.24) is 29.8 Å². The van der Waals surface area contributed by atoms with Gasteiger partial charge in [-0.3, -0.25) is 4.79 Å². The SMILES string of the molecule is Cc1c(-c2[nH]c3sc([C@@H]4CC5CC4CN5C(=O)[C@@H]4C[C@@H](F)CN4)c(C)c3c2C(C)C)cn2ncnc2c1C.